The van der Waals surface area contributed by atoms with E-state index >= 15 is 0 Å². The van der Waals surface area contributed by atoms with Crippen LogP contribution in [0.15, 0.2) is 60.8 Å². The first-order valence-electron chi connectivity index (χ1n) is 9.96. The maximum atomic E-state index is 12.7. The van der Waals surface area contributed by atoms with Crippen molar-refractivity contribution in [3.63, 3.8) is 0 Å². The second kappa shape index (κ2) is 8.45. The first-order chi connectivity index (χ1) is 14.1. The number of carbonyl (C=O) groups excluding carboxylic acids is 1. The van der Waals surface area contributed by atoms with Crippen LogP contribution in [0.1, 0.15) is 45.5 Å². The average Bonchev–Trinajstić information content (AvgIpc) is 3.18. The van der Waals surface area contributed by atoms with Gasteiger partial charge in [-0.2, -0.15) is 0 Å². The van der Waals surface area contributed by atoms with Gasteiger partial charge in [0.25, 0.3) is 0 Å². The van der Waals surface area contributed by atoms with E-state index in [4.69, 9.17) is 0 Å². The molecule has 3 aromatic rings. The molecule has 1 aromatic heterocycles. The summed E-state index contributed by atoms with van der Waals surface area (Å²) >= 11 is 0. The van der Waals surface area contributed by atoms with E-state index in [-0.39, 0.29) is 11.3 Å². The Morgan fingerprint density at radius 3 is 2.66 bits per heavy atom. The fraction of sp³-hybridized carbons (Fsp3) is 0.250. The summed E-state index contributed by atoms with van der Waals surface area (Å²) in [6, 6.07) is 15.3. The van der Waals surface area contributed by atoms with E-state index in [0.29, 0.717) is 17.4 Å². The van der Waals surface area contributed by atoms with E-state index < -0.39 is 5.97 Å². The summed E-state index contributed by atoms with van der Waals surface area (Å²) in [5.41, 5.74) is 4.25. The third-order valence-electron chi connectivity index (χ3n) is 5.55. The van der Waals surface area contributed by atoms with E-state index in [0.717, 1.165) is 38.0 Å². The molecule has 0 saturated carbocycles. The van der Waals surface area contributed by atoms with Gasteiger partial charge in [0, 0.05) is 42.2 Å². The van der Waals surface area contributed by atoms with E-state index in [1.165, 1.54) is 11.1 Å². The molecule has 0 bridgehead atoms. The zero-order valence-electron chi connectivity index (χ0n) is 16.2. The van der Waals surface area contributed by atoms with Gasteiger partial charge in [0.05, 0.1) is 5.56 Å². The van der Waals surface area contributed by atoms with Crippen LogP contribution >= 0.6 is 0 Å². The largest absolute Gasteiger partial charge is 0.478 e. The van der Waals surface area contributed by atoms with Gasteiger partial charge < -0.3 is 10.1 Å². The summed E-state index contributed by atoms with van der Waals surface area (Å²) in [5.74, 6) is -0.934. The summed E-state index contributed by atoms with van der Waals surface area (Å²) in [5, 5.41) is 9.87. The molecule has 29 heavy (non-hydrogen) atoms. The Hall–Kier alpha value is -3.18. The number of nitrogens with one attached hydrogen (secondary N) is 1. The SMILES string of the molecule is O=C(O)c1ccc2[nH]cc(C(=O)CCCN3CC=C(c4ccccc4)CC3)c2c1. The third-order valence-corrected chi connectivity index (χ3v) is 5.55. The summed E-state index contributed by atoms with van der Waals surface area (Å²) in [6.07, 6.45) is 6.25. The van der Waals surface area contributed by atoms with Crippen LogP contribution in [0, 0.1) is 0 Å². The van der Waals surface area contributed by atoms with Gasteiger partial charge in [-0.3, -0.25) is 9.69 Å². The number of ketones is 1. The van der Waals surface area contributed by atoms with Gasteiger partial charge in [-0.25, -0.2) is 4.79 Å². The lowest BCUT2D eigenvalue weighted by atomic mass is 9.99. The number of rotatable bonds is 7. The summed E-state index contributed by atoms with van der Waals surface area (Å²) in [7, 11) is 0. The molecule has 0 unspecified atom stereocenters. The number of H-pyrrole nitrogens is 1. The minimum Gasteiger partial charge on any atom is -0.478 e. The van der Waals surface area contributed by atoms with Crippen molar-refractivity contribution in [1.82, 2.24) is 9.88 Å². The number of aromatic carboxylic acids is 1. The topological polar surface area (TPSA) is 73.4 Å². The fourth-order valence-electron chi connectivity index (χ4n) is 3.91. The van der Waals surface area contributed by atoms with Crippen molar-refractivity contribution in [2.45, 2.75) is 19.3 Å². The van der Waals surface area contributed by atoms with Crippen molar-refractivity contribution in [2.24, 2.45) is 0 Å². The molecular formula is C24H24N2O3. The highest BCUT2D eigenvalue weighted by Gasteiger charge is 2.16. The van der Waals surface area contributed by atoms with E-state index in [9.17, 15) is 14.7 Å². The molecule has 2 heterocycles. The van der Waals surface area contributed by atoms with Crippen LogP contribution in [0.25, 0.3) is 16.5 Å². The molecule has 2 N–H and O–H groups in total. The van der Waals surface area contributed by atoms with Gasteiger partial charge in [0.2, 0.25) is 0 Å². The quantitative estimate of drug-likeness (QED) is 0.579. The molecule has 2 aromatic carbocycles. The summed E-state index contributed by atoms with van der Waals surface area (Å²) in [6.45, 7) is 2.80. The molecule has 0 aliphatic carbocycles. The maximum Gasteiger partial charge on any atom is 0.335 e. The first-order valence-corrected chi connectivity index (χ1v) is 9.96. The molecular weight excluding hydrogens is 364 g/mol. The smallest absolute Gasteiger partial charge is 0.335 e. The Morgan fingerprint density at radius 1 is 1.10 bits per heavy atom. The van der Waals surface area contributed by atoms with Crippen LogP contribution in [-0.2, 0) is 0 Å². The van der Waals surface area contributed by atoms with Crippen LogP contribution in [0.2, 0.25) is 0 Å². The predicted octanol–water partition coefficient (Wildman–Crippen LogP) is 4.62. The monoisotopic (exact) mass is 388 g/mol. The minimum absolute atomic E-state index is 0.0521. The van der Waals surface area contributed by atoms with Gasteiger partial charge in [-0.15, -0.1) is 0 Å². The van der Waals surface area contributed by atoms with Crippen molar-refractivity contribution in [3.8, 4) is 0 Å². The Labute approximate surface area is 169 Å². The molecule has 0 saturated heterocycles. The van der Waals surface area contributed by atoms with Crippen LogP contribution in [0.5, 0.6) is 0 Å². The molecule has 148 valence electrons. The molecule has 4 rings (SSSR count). The van der Waals surface area contributed by atoms with E-state index in [1.54, 1.807) is 24.4 Å². The van der Waals surface area contributed by atoms with Gasteiger partial charge in [0.15, 0.2) is 5.78 Å². The molecule has 0 atom stereocenters. The third kappa shape index (κ3) is 4.30. The predicted molar refractivity (Wildman–Crippen MR) is 114 cm³/mol. The number of carbonyl (C=O) groups is 2. The number of carboxylic acids is 1. The maximum absolute atomic E-state index is 12.7. The van der Waals surface area contributed by atoms with Crippen molar-refractivity contribution in [1.29, 1.82) is 0 Å². The van der Waals surface area contributed by atoms with E-state index in [1.807, 2.05) is 6.07 Å². The highest BCUT2D eigenvalue weighted by Crippen LogP contribution is 2.24. The second-order valence-corrected chi connectivity index (χ2v) is 7.44. The molecule has 0 radical (unpaired) electrons. The molecule has 0 fully saturated rings. The number of nitrogens with zero attached hydrogens (tertiary/aromatic N) is 1. The van der Waals surface area contributed by atoms with Crippen LogP contribution in [0.3, 0.4) is 0 Å². The Kier molecular flexibility index (Phi) is 5.58. The van der Waals surface area contributed by atoms with Gasteiger partial charge in [0.1, 0.15) is 0 Å². The van der Waals surface area contributed by atoms with Crippen molar-refractivity contribution in [3.05, 3.63) is 77.5 Å². The van der Waals surface area contributed by atoms with Gasteiger partial charge in [-0.05, 0) is 48.7 Å². The van der Waals surface area contributed by atoms with Gasteiger partial charge >= 0.3 is 5.97 Å². The first kappa shape index (κ1) is 19.2. The molecule has 5 nitrogen and oxygen atoms in total. The highest BCUT2D eigenvalue weighted by molar-refractivity contribution is 6.09. The number of carboxylic acid groups (broad SMARTS) is 1. The number of benzene rings is 2. The number of aromatic amines is 1. The lowest BCUT2D eigenvalue weighted by Crippen LogP contribution is -2.29. The number of hydrogen-bond acceptors (Lipinski definition) is 3. The lowest BCUT2D eigenvalue weighted by Gasteiger charge is -2.26. The average molecular weight is 388 g/mol. The summed E-state index contributed by atoms with van der Waals surface area (Å²) in [4.78, 5) is 29.3. The van der Waals surface area contributed by atoms with Crippen LogP contribution in [0.4, 0.5) is 0 Å². The normalized spacial score (nSPS) is 14.7. The van der Waals surface area contributed by atoms with Gasteiger partial charge in [-0.1, -0.05) is 36.4 Å². The standard InChI is InChI=1S/C24H24N2O3/c27-23(21-16-25-22-9-8-19(24(28)29)15-20(21)22)7-4-12-26-13-10-18(11-14-26)17-5-2-1-3-6-17/h1-3,5-6,8-10,15-16,25H,4,7,11-14H2,(H,28,29). The molecule has 0 amide bonds. The highest BCUT2D eigenvalue weighted by atomic mass is 16.4. The van der Waals surface area contributed by atoms with Crippen LogP contribution < -0.4 is 0 Å². The minimum atomic E-state index is -0.987. The Morgan fingerprint density at radius 2 is 1.93 bits per heavy atom. The lowest BCUT2D eigenvalue weighted by molar-refractivity contribution is 0.0696. The molecule has 1 aliphatic rings. The number of hydrogen-bond donors (Lipinski definition) is 2. The molecule has 1 aliphatic heterocycles. The van der Waals surface area contributed by atoms with E-state index in [2.05, 4.69) is 40.2 Å². The molecule has 5 heteroatoms. The van der Waals surface area contributed by atoms with Crippen molar-refractivity contribution in [2.75, 3.05) is 19.6 Å². The number of fused-ring (bicyclic) bond motifs is 1. The Bertz CT molecular complexity index is 1070. The molecule has 0 spiro atoms. The number of Topliss-reactive ketones (excluding diaryl/α,β-unsaturated/α-hetero) is 1. The van der Waals surface area contributed by atoms with Crippen LogP contribution in [-0.4, -0.2) is 46.4 Å². The second-order valence-electron chi connectivity index (χ2n) is 7.44. The Balaban J connectivity index is 1.33. The van der Waals surface area contributed by atoms with Crippen molar-refractivity contribution < 1.29 is 14.7 Å². The zero-order chi connectivity index (χ0) is 20.2. The van der Waals surface area contributed by atoms with Crippen molar-refractivity contribution >= 4 is 28.2 Å². The fourth-order valence-corrected chi connectivity index (χ4v) is 3.91. The number of aromatic nitrogens is 1. The summed E-state index contributed by atoms with van der Waals surface area (Å²) < 4.78 is 0. The zero-order valence-corrected chi connectivity index (χ0v) is 16.2.